The summed E-state index contributed by atoms with van der Waals surface area (Å²) in [7, 11) is 0. The molecule has 0 amide bonds. The molecule has 288 valence electrons. The third kappa shape index (κ3) is 11.2. The Balaban J connectivity index is 1.55. The third-order valence-electron chi connectivity index (χ3n) is 10.6. The summed E-state index contributed by atoms with van der Waals surface area (Å²) in [6.45, 7) is 36.4. The highest BCUT2D eigenvalue weighted by molar-refractivity contribution is 5.69. The topological polar surface area (TPSA) is 79.2 Å². The largest absolute Gasteiger partial charge is 0.507 e. The van der Waals surface area contributed by atoms with Crippen molar-refractivity contribution in [2.75, 3.05) is 19.8 Å². The number of hydrogen-bond acceptors (Lipinski definition) is 6. The number of piperidine rings is 1. The number of phenols is 2. The van der Waals surface area contributed by atoms with Gasteiger partial charge < -0.3 is 19.7 Å². The van der Waals surface area contributed by atoms with Gasteiger partial charge in [-0.3, -0.25) is 9.69 Å². The molecular formula is C45H73NO5. The van der Waals surface area contributed by atoms with Crippen molar-refractivity contribution in [3.05, 3.63) is 57.6 Å². The van der Waals surface area contributed by atoms with Gasteiger partial charge in [-0.2, -0.15) is 0 Å². The lowest BCUT2D eigenvalue weighted by atomic mass is 9.78. The number of nitrogens with zero attached hydrogens (tertiary/aromatic N) is 1. The van der Waals surface area contributed by atoms with Crippen molar-refractivity contribution in [1.29, 1.82) is 0 Å². The van der Waals surface area contributed by atoms with Crippen LogP contribution in [-0.2, 0) is 48.8 Å². The van der Waals surface area contributed by atoms with Crippen molar-refractivity contribution in [1.82, 2.24) is 4.90 Å². The van der Waals surface area contributed by atoms with Crippen LogP contribution in [0, 0.1) is 0 Å². The number of esters is 1. The summed E-state index contributed by atoms with van der Waals surface area (Å²) in [5, 5.41) is 22.2. The number of aryl methyl sites for hydroxylation is 2. The van der Waals surface area contributed by atoms with Crippen LogP contribution in [-0.4, -0.2) is 58.0 Å². The fraction of sp³-hybridized carbons (Fsp3) is 0.711. The second-order valence-electron chi connectivity index (χ2n) is 20.6. The first-order chi connectivity index (χ1) is 23.0. The molecule has 1 aliphatic rings. The second-order valence-corrected chi connectivity index (χ2v) is 20.6. The lowest BCUT2D eigenvalue weighted by Gasteiger charge is -2.55. The predicted molar refractivity (Wildman–Crippen MR) is 212 cm³/mol. The van der Waals surface area contributed by atoms with Crippen molar-refractivity contribution < 1.29 is 24.5 Å². The van der Waals surface area contributed by atoms with E-state index in [4.69, 9.17) is 9.47 Å². The highest BCUT2D eigenvalue weighted by atomic mass is 16.5. The Labute approximate surface area is 311 Å². The number of ether oxygens (including phenoxy) is 2. The van der Waals surface area contributed by atoms with Gasteiger partial charge in [0.1, 0.15) is 18.1 Å². The van der Waals surface area contributed by atoms with Crippen molar-refractivity contribution in [3.63, 3.8) is 0 Å². The first-order valence-corrected chi connectivity index (χ1v) is 19.3. The second kappa shape index (κ2) is 15.4. The number of hydrogen-bond donors (Lipinski definition) is 2. The summed E-state index contributed by atoms with van der Waals surface area (Å²) >= 11 is 0. The Morgan fingerprint density at radius 3 is 1.41 bits per heavy atom. The molecule has 2 N–H and O–H groups in total. The Morgan fingerprint density at radius 1 is 0.667 bits per heavy atom. The van der Waals surface area contributed by atoms with Crippen LogP contribution in [0.15, 0.2) is 24.3 Å². The van der Waals surface area contributed by atoms with Crippen molar-refractivity contribution in [2.24, 2.45) is 0 Å². The molecule has 2 aromatic carbocycles. The molecular weight excluding hydrogens is 634 g/mol. The molecule has 1 aliphatic heterocycles. The van der Waals surface area contributed by atoms with Gasteiger partial charge in [-0.15, -0.1) is 0 Å². The first kappa shape index (κ1) is 42.8. The van der Waals surface area contributed by atoms with Crippen molar-refractivity contribution in [3.8, 4) is 11.5 Å². The molecule has 0 spiro atoms. The highest BCUT2D eigenvalue weighted by Gasteiger charge is 2.45. The number of phenolic OH excluding ortho intramolecular Hbond substituents is 2. The SMILES string of the molecule is CC(C)(C)c1cc(CCCOC2CC(C)(C)N(CCOC(=O)CCc3cc(C(C)(C)C)c(O)c(C(C)(C)C)c3)C(C)(C)C2)cc(C(C)(C)C)c1O. The van der Waals surface area contributed by atoms with Crippen LogP contribution in [0.4, 0.5) is 0 Å². The molecule has 0 bridgehead atoms. The summed E-state index contributed by atoms with van der Waals surface area (Å²) in [6, 6.07) is 8.46. The molecule has 1 saturated heterocycles. The van der Waals surface area contributed by atoms with Gasteiger partial charge in [-0.1, -0.05) is 107 Å². The minimum atomic E-state index is -0.209. The summed E-state index contributed by atoms with van der Waals surface area (Å²) in [5.74, 6) is 0.600. The van der Waals surface area contributed by atoms with E-state index in [1.165, 1.54) is 5.56 Å². The van der Waals surface area contributed by atoms with Crippen molar-refractivity contribution >= 4 is 5.97 Å². The maximum Gasteiger partial charge on any atom is 0.306 e. The van der Waals surface area contributed by atoms with Gasteiger partial charge in [-0.05, 0) is 115 Å². The lowest BCUT2D eigenvalue weighted by Crippen LogP contribution is -2.62. The van der Waals surface area contributed by atoms with Gasteiger partial charge in [0.2, 0.25) is 0 Å². The molecule has 51 heavy (non-hydrogen) atoms. The van der Waals surface area contributed by atoms with Gasteiger partial charge in [0.25, 0.3) is 0 Å². The van der Waals surface area contributed by atoms with Gasteiger partial charge in [0, 0.05) is 30.7 Å². The van der Waals surface area contributed by atoms with Crippen LogP contribution in [0.2, 0.25) is 0 Å². The van der Waals surface area contributed by atoms with E-state index in [1.807, 2.05) is 12.1 Å². The molecule has 0 aromatic heterocycles. The van der Waals surface area contributed by atoms with E-state index >= 15 is 0 Å². The summed E-state index contributed by atoms with van der Waals surface area (Å²) in [6.07, 6.45) is 4.70. The van der Waals surface area contributed by atoms with Crippen LogP contribution in [0.1, 0.15) is 170 Å². The molecule has 1 fully saturated rings. The molecule has 0 atom stereocenters. The highest BCUT2D eigenvalue weighted by Crippen LogP contribution is 2.42. The first-order valence-electron chi connectivity index (χ1n) is 19.3. The van der Waals surface area contributed by atoms with E-state index in [1.54, 1.807) is 0 Å². The molecule has 0 saturated carbocycles. The van der Waals surface area contributed by atoms with E-state index in [-0.39, 0.29) is 44.8 Å². The maximum absolute atomic E-state index is 12.9. The Morgan fingerprint density at radius 2 is 1.04 bits per heavy atom. The minimum Gasteiger partial charge on any atom is -0.507 e. The molecule has 2 aromatic rings. The third-order valence-corrected chi connectivity index (χ3v) is 10.6. The fourth-order valence-electron chi connectivity index (χ4n) is 8.01. The smallest absolute Gasteiger partial charge is 0.306 e. The molecule has 3 rings (SSSR count). The Hall–Kier alpha value is -2.57. The molecule has 0 radical (unpaired) electrons. The van der Waals surface area contributed by atoms with E-state index in [9.17, 15) is 15.0 Å². The summed E-state index contributed by atoms with van der Waals surface area (Å²) < 4.78 is 12.4. The van der Waals surface area contributed by atoms with E-state index < -0.39 is 0 Å². The average Bonchev–Trinajstić information content (AvgIpc) is 2.93. The standard InChI is InChI=1S/C45H73NO5/c1-40(2,3)33-24-30(25-34(38(33)48)41(4,5)6)18-17-22-50-32-28-44(13,14)46(45(15,16)29-32)21-23-51-37(47)20-19-31-26-35(42(7,8)9)39(49)36(27-31)43(10,11)12/h24-27,32,48-49H,17-23,28-29H2,1-16H3. The van der Waals surface area contributed by atoms with Crippen LogP contribution in [0.5, 0.6) is 11.5 Å². The maximum atomic E-state index is 12.9. The fourth-order valence-corrected chi connectivity index (χ4v) is 8.01. The number of rotatable bonds is 11. The van der Waals surface area contributed by atoms with Gasteiger partial charge in [0.15, 0.2) is 0 Å². The van der Waals surface area contributed by atoms with Crippen molar-refractivity contribution in [2.45, 2.75) is 188 Å². The molecule has 0 aliphatic carbocycles. The van der Waals surface area contributed by atoms with E-state index in [2.05, 4.69) is 128 Å². The summed E-state index contributed by atoms with van der Waals surface area (Å²) in [5.41, 5.74) is 5.23. The van der Waals surface area contributed by atoms with Gasteiger partial charge >= 0.3 is 5.97 Å². The van der Waals surface area contributed by atoms with E-state index in [0.29, 0.717) is 44.1 Å². The number of benzene rings is 2. The number of carbonyl (C=O) groups is 1. The molecule has 6 heteroatoms. The minimum absolute atomic E-state index is 0.113. The number of likely N-dealkylation sites (tertiary alicyclic amines) is 1. The number of aromatic hydroxyl groups is 2. The zero-order chi connectivity index (χ0) is 39.0. The summed E-state index contributed by atoms with van der Waals surface area (Å²) in [4.78, 5) is 15.4. The average molecular weight is 708 g/mol. The normalized spacial score (nSPS) is 17.5. The lowest BCUT2D eigenvalue weighted by molar-refractivity contribution is -0.148. The van der Waals surface area contributed by atoms with Crippen LogP contribution >= 0.6 is 0 Å². The Bertz CT molecular complexity index is 1420. The van der Waals surface area contributed by atoms with Crippen LogP contribution in [0.25, 0.3) is 0 Å². The van der Waals surface area contributed by atoms with Crippen LogP contribution in [0.3, 0.4) is 0 Å². The monoisotopic (exact) mass is 708 g/mol. The Kier molecular flexibility index (Phi) is 13.0. The molecule has 6 nitrogen and oxygen atoms in total. The molecule has 0 unspecified atom stereocenters. The van der Waals surface area contributed by atoms with Gasteiger partial charge in [0.05, 0.1) is 6.10 Å². The quantitative estimate of drug-likeness (QED) is 0.179. The van der Waals surface area contributed by atoms with Crippen LogP contribution < -0.4 is 0 Å². The number of carbonyl (C=O) groups excluding carboxylic acids is 1. The molecule has 1 heterocycles. The zero-order valence-corrected chi connectivity index (χ0v) is 35.3. The predicted octanol–water partition coefficient (Wildman–Crippen LogP) is 10.4. The zero-order valence-electron chi connectivity index (χ0n) is 35.3. The van der Waals surface area contributed by atoms with E-state index in [0.717, 1.165) is 53.5 Å². The van der Waals surface area contributed by atoms with Gasteiger partial charge in [-0.25, -0.2) is 0 Å².